The van der Waals surface area contributed by atoms with E-state index in [9.17, 15) is 43.2 Å². The molecule has 0 amide bonds. The van der Waals surface area contributed by atoms with Crippen LogP contribution in [-0.4, -0.2) is 51.5 Å². The highest BCUT2D eigenvalue weighted by atomic mass is 32.3. The van der Waals surface area contributed by atoms with Crippen LogP contribution >= 0.6 is 0 Å². The van der Waals surface area contributed by atoms with Crippen LogP contribution in [-0.2, 0) is 20.0 Å². The summed E-state index contributed by atoms with van der Waals surface area (Å²) in [6, 6.07) is 0. The fourth-order valence-corrected chi connectivity index (χ4v) is 3.66. The van der Waals surface area contributed by atoms with Crippen LogP contribution in [0.4, 0.5) is 26.3 Å². The molecule has 0 aromatic rings. The average molecular weight is 323 g/mol. The summed E-state index contributed by atoms with van der Waals surface area (Å²) in [5.74, 6) is -5.12. The number of alkyl halides is 6. The molecule has 0 aromatic carbocycles. The molecule has 0 saturated carbocycles. The Bertz CT molecular complexity index is 443. The summed E-state index contributed by atoms with van der Waals surface area (Å²) >= 11 is 0. The maximum atomic E-state index is 11.8. The van der Waals surface area contributed by atoms with Crippen molar-refractivity contribution >= 4 is 20.0 Å². The van der Waals surface area contributed by atoms with Crippen molar-refractivity contribution in [2.45, 2.75) is 12.4 Å². The molecule has 0 saturated heterocycles. The maximum absolute atomic E-state index is 11.8. The van der Waals surface area contributed by atoms with Gasteiger partial charge in [-0.15, -0.1) is 0 Å². The summed E-state index contributed by atoms with van der Waals surface area (Å²) in [6.07, 6.45) is -10.5. The zero-order valence-electron chi connectivity index (χ0n) is 8.58. The predicted molar refractivity (Wildman–Crippen MR) is 47.4 cm³/mol. The molecule has 0 N–H and O–H groups in total. The Balaban J connectivity index is 5.23. The highest BCUT2D eigenvalue weighted by Crippen LogP contribution is 2.23. The molecule has 0 bridgehead atoms. The van der Waals surface area contributed by atoms with Crippen molar-refractivity contribution in [3.63, 3.8) is 0 Å². The summed E-state index contributed by atoms with van der Waals surface area (Å²) in [5.41, 5.74) is 0. The van der Waals surface area contributed by atoms with Crippen molar-refractivity contribution in [3.8, 4) is 0 Å². The Morgan fingerprint density at radius 2 is 1.00 bits per heavy atom. The van der Waals surface area contributed by atoms with Crippen LogP contribution in [0.3, 0.4) is 0 Å². The predicted octanol–water partition coefficient (Wildman–Crippen LogP) is 0.702. The summed E-state index contributed by atoms with van der Waals surface area (Å²) in [4.78, 5) is 0. The van der Waals surface area contributed by atoms with E-state index >= 15 is 0 Å². The zero-order chi connectivity index (χ0) is 15.0. The van der Waals surface area contributed by atoms with Gasteiger partial charge in [-0.2, -0.15) is 26.3 Å². The van der Waals surface area contributed by atoms with E-state index in [1.807, 2.05) is 0 Å². The molecule has 0 aliphatic carbocycles. The molecule has 5 nitrogen and oxygen atoms in total. The first-order valence-electron chi connectivity index (χ1n) is 3.90. The number of hydrogen-bond acceptors (Lipinski definition) is 4. The fraction of sp³-hybridized carbons (Fsp3) is 1.00. The first-order valence-corrected chi connectivity index (χ1v) is 7.12. The van der Waals surface area contributed by atoms with Crippen molar-refractivity contribution in [3.05, 3.63) is 0 Å². The van der Waals surface area contributed by atoms with E-state index in [-0.39, 0.29) is 7.05 Å². The lowest BCUT2D eigenvalue weighted by molar-refractivity contribution is -0.107. The second-order valence-corrected chi connectivity index (χ2v) is 7.35. The van der Waals surface area contributed by atoms with Crippen LogP contribution in [0.15, 0.2) is 0 Å². The van der Waals surface area contributed by atoms with Crippen LogP contribution in [0, 0.1) is 0 Å². The SMILES string of the molecule is CN(S(=O)(=O)CC(F)(F)F)S(=O)(=O)CC(F)(F)F. The average Bonchev–Trinajstić information content (AvgIpc) is 1.92. The normalized spacial score (nSPS) is 15.1. The van der Waals surface area contributed by atoms with Gasteiger partial charge >= 0.3 is 12.4 Å². The number of nitrogens with zero attached hydrogens (tertiary/aromatic N) is 1. The molecule has 0 fully saturated rings. The van der Waals surface area contributed by atoms with Gasteiger partial charge in [0.15, 0.2) is 11.5 Å². The zero-order valence-corrected chi connectivity index (χ0v) is 10.2. The molecular formula is C5H7F6NO4S2. The van der Waals surface area contributed by atoms with Gasteiger partial charge in [0, 0.05) is 7.05 Å². The van der Waals surface area contributed by atoms with E-state index in [0.29, 0.717) is 0 Å². The number of halogens is 6. The van der Waals surface area contributed by atoms with Gasteiger partial charge in [0.2, 0.25) is 20.0 Å². The second kappa shape index (κ2) is 4.85. The van der Waals surface area contributed by atoms with E-state index in [4.69, 9.17) is 0 Å². The Hall–Kier alpha value is -0.560. The van der Waals surface area contributed by atoms with Crippen molar-refractivity contribution in [1.29, 1.82) is 0 Å². The summed E-state index contributed by atoms with van der Waals surface area (Å²) in [5, 5.41) is 0. The highest BCUT2D eigenvalue weighted by molar-refractivity contribution is 8.04. The molecule has 0 atom stereocenters. The molecular weight excluding hydrogens is 316 g/mol. The quantitative estimate of drug-likeness (QED) is 0.714. The summed E-state index contributed by atoms with van der Waals surface area (Å²) in [7, 11) is -10.7. The van der Waals surface area contributed by atoms with Gasteiger partial charge in [-0.05, 0) is 0 Å². The molecule has 0 rings (SSSR count). The third-order valence-electron chi connectivity index (χ3n) is 1.48. The molecule has 13 heteroatoms. The molecule has 0 aliphatic rings. The smallest absolute Gasteiger partial charge is 0.211 e. The molecule has 110 valence electrons. The van der Waals surface area contributed by atoms with Gasteiger partial charge in [0.25, 0.3) is 0 Å². The first kappa shape index (κ1) is 17.4. The number of rotatable bonds is 4. The van der Waals surface area contributed by atoms with Crippen molar-refractivity contribution < 1.29 is 43.2 Å². The van der Waals surface area contributed by atoms with E-state index in [2.05, 4.69) is 0 Å². The maximum Gasteiger partial charge on any atom is 0.404 e. The van der Waals surface area contributed by atoms with Gasteiger partial charge in [-0.3, -0.25) is 0 Å². The van der Waals surface area contributed by atoms with Gasteiger partial charge in [0.05, 0.1) is 0 Å². The van der Waals surface area contributed by atoms with Gasteiger partial charge in [-0.25, -0.2) is 16.8 Å². The standard InChI is InChI=1S/C5H7F6NO4S2/c1-12(17(13,14)2-4(6,7)8)18(15,16)3-5(9,10)11/h2-3H2,1H3. The van der Waals surface area contributed by atoms with Crippen molar-refractivity contribution in [2.24, 2.45) is 0 Å². The Labute approximate surface area is 98.5 Å². The van der Waals surface area contributed by atoms with E-state index in [0.717, 1.165) is 0 Å². The lowest BCUT2D eigenvalue weighted by Gasteiger charge is -2.19. The molecule has 0 unspecified atom stereocenters. The van der Waals surface area contributed by atoms with Gasteiger partial charge in [-0.1, -0.05) is 3.71 Å². The van der Waals surface area contributed by atoms with Crippen LogP contribution in [0.25, 0.3) is 0 Å². The topological polar surface area (TPSA) is 71.5 Å². The number of sulfonamides is 2. The minimum Gasteiger partial charge on any atom is -0.211 e. The lowest BCUT2D eigenvalue weighted by Crippen LogP contribution is -2.42. The Morgan fingerprint density at radius 3 is 1.17 bits per heavy atom. The third-order valence-corrected chi connectivity index (χ3v) is 5.79. The minimum atomic E-state index is -5.43. The molecule has 0 spiro atoms. The number of hydrogen-bond donors (Lipinski definition) is 0. The minimum absolute atomic E-state index is 0.113. The third kappa shape index (κ3) is 5.86. The van der Waals surface area contributed by atoms with Gasteiger partial charge < -0.3 is 0 Å². The summed E-state index contributed by atoms with van der Waals surface area (Å²) < 4.78 is 114. The van der Waals surface area contributed by atoms with E-state index in [1.54, 1.807) is 0 Å². The Morgan fingerprint density at radius 1 is 0.778 bits per heavy atom. The van der Waals surface area contributed by atoms with Crippen LogP contribution in [0.5, 0.6) is 0 Å². The molecule has 0 aromatic heterocycles. The second-order valence-electron chi connectivity index (χ2n) is 3.12. The van der Waals surface area contributed by atoms with E-state index < -0.39 is 47.6 Å². The lowest BCUT2D eigenvalue weighted by atomic mass is 10.8. The fourth-order valence-electron chi connectivity index (χ4n) is 0.768. The summed E-state index contributed by atoms with van der Waals surface area (Å²) in [6.45, 7) is 0. The van der Waals surface area contributed by atoms with Crippen LogP contribution in [0.1, 0.15) is 0 Å². The molecule has 18 heavy (non-hydrogen) atoms. The van der Waals surface area contributed by atoms with E-state index in [1.165, 1.54) is 0 Å². The molecule has 0 heterocycles. The molecule has 0 radical (unpaired) electrons. The van der Waals surface area contributed by atoms with Crippen molar-refractivity contribution in [1.82, 2.24) is 3.71 Å². The first-order chi connectivity index (χ1) is 7.57. The largest absolute Gasteiger partial charge is 0.404 e. The highest BCUT2D eigenvalue weighted by Gasteiger charge is 2.45. The Kier molecular flexibility index (Phi) is 4.69. The monoisotopic (exact) mass is 323 g/mol. The van der Waals surface area contributed by atoms with Gasteiger partial charge in [0.1, 0.15) is 0 Å². The molecule has 0 aliphatic heterocycles. The van der Waals surface area contributed by atoms with Crippen LogP contribution < -0.4 is 0 Å². The van der Waals surface area contributed by atoms with Crippen LogP contribution in [0.2, 0.25) is 0 Å². The van der Waals surface area contributed by atoms with Crippen molar-refractivity contribution in [2.75, 3.05) is 18.6 Å².